The number of carbonyl (C=O) groups is 3. The highest BCUT2D eigenvalue weighted by atomic mass is 79.9. The zero-order chi connectivity index (χ0) is 28.3. The monoisotopic (exact) mass is 605 g/mol. The molecule has 4 aromatic heterocycles. The Balaban J connectivity index is 1.32. The number of aromatic carboxylic acids is 1. The number of likely N-dealkylation sites (tertiary alicyclic amines) is 1. The molecule has 4 aromatic rings. The molecule has 3 unspecified atom stereocenters. The van der Waals surface area contributed by atoms with Gasteiger partial charge >= 0.3 is 5.97 Å². The van der Waals surface area contributed by atoms with Crippen molar-refractivity contribution in [3.05, 3.63) is 52.7 Å². The maximum atomic E-state index is 13.7. The van der Waals surface area contributed by atoms with Crippen LogP contribution in [0.2, 0.25) is 0 Å². The number of amides is 2. The number of pyridine rings is 1. The third-order valence-electron chi connectivity index (χ3n) is 7.55. The number of carboxylic acid groups (broad SMARTS) is 1. The van der Waals surface area contributed by atoms with E-state index in [2.05, 4.69) is 58.2 Å². The molecule has 1 aliphatic carbocycles. The molecule has 5 heterocycles. The average Bonchev–Trinajstić information content (AvgIpc) is 3.25. The number of nitrogens with one attached hydrogen (secondary N) is 1. The fourth-order valence-corrected chi connectivity index (χ4v) is 5.83. The van der Waals surface area contributed by atoms with Crippen LogP contribution < -0.4 is 5.32 Å². The minimum absolute atomic E-state index is 0.0857. The van der Waals surface area contributed by atoms with Crippen LogP contribution in [0, 0.1) is 19.3 Å². The molecule has 1 aliphatic heterocycles. The van der Waals surface area contributed by atoms with Crippen LogP contribution in [0.25, 0.3) is 22.2 Å². The normalized spacial score (nSPS) is 21.4. The summed E-state index contributed by atoms with van der Waals surface area (Å²) in [6.07, 6.45) is 7.49. The van der Waals surface area contributed by atoms with E-state index in [1.54, 1.807) is 37.2 Å². The van der Waals surface area contributed by atoms with E-state index >= 15 is 0 Å². The van der Waals surface area contributed by atoms with Gasteiger partial charge in [0.05, 0.1) is 29.3 Å². The number of hydrogen-bond acceptors (Lipinski definition) is 9. The summed E-state index contributed by atoms with van der Waals surface area (Å²) in [7, 11) is 0. The number of anilines is 1. The molecule has 13 nitrogen and oxygen atoms in total. The maximum absolute atomic E-state index is 13.7. The first-order valence-corrected chi connectivity index (χ1v) is 13.3. The highest BCUT2D eigenvalue weighted by molar-refractivity contribution is 9.10. The van der Waals surface area contributed by atoms with Crippen molar-refractivity contribution in [2.75, 3.05) is 5.32 Å². The van der Waals surface area contributed by atoms with Gasteiger partial charge in [0.25, 0.3) is 0 Å². The molecule has 1 saturated carbocycles. The minimum Gasteiger partial charge on any atom is -0.476 e. The van der Waals surface area contributed by atoms with E-state index in [-0.39, 0.29) is 41.3 Å². The zero-order valence-electron chi connectivity index (χ0n) is 21.8. The summed E-state index contributed by atoms with van der Waals surface area (Å²) in [5, 5.41) is 17.3. The second-order valence-corrected chi connectivity index (χ2v) is 11.2. The van der Waals surface area contributed by atoms with Gasteiger partial charge in [-0.05, 0) is 54.1 Å². The van der Waals surface area contributed by atoms with E-state index in [9.17, 15) is 19.5 Å². The lowest BCUT2D eigenvalue weighted by Gasteiger charge is -2.26. The Morgan fingerprint density at radius 3 is 2.58 bits per heavy atom. The zero-order valence-corrected chi connectivity index (χ0v) is 23.4. The summed E-state index contributed by atoms with van der Waals surface area (Å²) in [5.41, 5.74) is 1.72. The second kappa shape index (κ2) is 9.40. The first-order valence-electron chi connectivity index (χ1n) is 12.5. The molecule has 2 fully saturated rings. The van der Waals surface area contributed by atoms with Gasteiger partial charge in [-0.15, -0.1) is 0 Å². The summed E-state index contributed by atoms with van der Waals surface area (Å²) in [6, 6.07) is 0.833. The van der Waals surface area contributed by atoms with Crippen molar-refractivity contribution < 1.29 is 19.5 Å². The van der Waals surface area contributed by atoms with Crippen molar-refractivity contribution in [1.82, 2.24) is 39.6 Å². The number of halogens is 1. The van der Waals surface area contributed by atoms with Crippen LogP contribution in [0.5, 0.6) is 0 Å². The lowest BCUT2D eigenvalue weighted by molar-refractivity contribution is -0.138. The predicted molar refractivity (Wildman–Crippen MR) is 145 cm³/mol. The smallest absolute Gasteiger partial charge is 0.357 e. The van der Waals surface area contributed by atoms with Gasteiger partial charge in [-0.3, -0.25) is 24.2 Å². The number of fused-ring (bicyclic) bond motifs is 2. The van der Waals surface area contributed by atoms with E-state index in [0.29, 0.717) is 44.7 Å². The van der Waals surface area contributed by atoms with E-state index < -0.39 is 12.0 Å². The number of hydrogen-bond donors (Lipinski definition) is 2. The fraction of sp³-hybridized carbons (Fsp3) is 0.346. The second-order valence-electron chi connectivity index (χ2n) is 10.4. The van der Waals surface area contributed by atoms with Crippen LogP contribution in [-0.2, 0) is 16.1 Å². The Hall–Kier alpha value is -4.33. The quantitative estimate of drug-likeness (QED) is 0.333. The Bertz CT molecular complexity index is 1710. The van der Waals surface area contributed by atoms with Gasteiger partial charge in [0, 0.05) is 29.4 Å². The Kier molecular flexibility index (Phi) is 6.09. The van der Waals surface area contributed by atoms with Crippen LogP contribution in [0.3, 0.4) is 0 Å². The molecule has 0 spiro atoms. The van der Waals surface area contributed by atoms with Crippen LogP contribution in [0.1, 0.15) is 41.8 Å². The molecule has 1 saturated heterocycles. The Morgan fingerprint density at radius 2 is 1.88 bits per heavy atom. The van der Waals surface area contributed by atoms with Crippen molar-refractivity contribution in [1.29, 1.82) is 0 Å². The summed E-state index contributed by atoms with van der Waals surface area (Å²) in [6.45, 7) is 5.31. The van der Waals surface area contributed by atoms with Crippen LogP contribution in [0.15, 0.2) is 35.5 Å². The van der Waals surface area contributed by atoms with Crippen LogP contribution in [0.4, 0.5) is 5.82 Å². The first kappa shape index (κ1) is 25.9. The summed E-state index contributed by atoms with van der Waals surface area (Å²) < 4.78 is 1.84. The van der Waals surface area contributed by atoms with E-state index in [0.717, 1.165) is 6.42 Å². The first-order chi connectivity index (χ1) is 19.0. The van der Waals surface area contributed by atoms with Crippen molar-refractivity contribution in [3.63, 3.8) is 0 Å². The van der Waals surface area contributed by atoms with Gasteiger partial charge in [-0.1, -0.05) is 6.92 Å². The van der Waals surface area contributed by atoms with E-state index in [1.165, 1.54) is 17.1 Å². The number of carbonyl (C=O) groups excluding carboxylic acids is 2. The van der Waals surface area contributed by atoms with Crippen molar-refractivity contribution in [2.45, 2.75) is 52.2 Å². The van der Waals surface area contributed by atoms with Crippen LogP contribution >= 0.6 is 15.9 Å². The molecular weight excluding hydrogens is 582 g/mol. The third-order valence-corrected chi connectivity index (χ3v) is 7.93. The summed E-state index contributed by atoms with van der Waals surface area (Å²) in [5.74, 6) is -1.03. The molecule has 204 valence electrons. The molecule has 2 aliphatic rings. The summed E-state index contributed by atoms with van der Waals surface area (Å²) >= 11 is 3.24. The minimum atomic E-state index is -1.23. The standard InChI is InChI=1S/C26H24BrN9O4/c1-12-23-15(4-16(31-12)14-7-29-13(2)30-8-14)22(25(39)40)34-35(23)11-21(37)36-17(5-26(3)6-18(26)36)24(38)33-20-10-28-9-19(27)32-20/h4,7-10,17-18H,5-6,11H2,1-3H3,(H,39,40)(H,32,33,38). The number of aromatic nitrogens is 7. The van der Waals surface area contributed by atoms with Gasteiger partial charge in [-0.25, -0.2) is 19.7 Å². The molecule has 0 aromatic carbocycles. The van der Waals surface area contributed by atoms with Gasteiger partial charge in [0.1, 0.15) is 23.0 Å². The molecule has 2 amide bonds. The number of piperidine rings is 1. The topological polar surface area (TPSA) is 169 Å². The molecule has 0 radical (unpaired) electrons. The number of rotatable bonds is 6. The van der Waals surface area contributed by atoms with Gasteiger partial charge < -0.3 is 15.3 Å². The van der Waals surface area contributed by atoms with Crippen molar-refractivity contribution in [3.8, 4) is 11.3 Å². The molecule has 0 bridgehead atoms. The van der Waals surface area contributed by atoms with Gasteiger partial charge in [0.2, 0.25) is 11.8 Å². The molecule has 6 rings (SSSR count). The number of aryl methyl sites for hydroxylation is 2. The lowest BCUT2D eigenvalue weighted by atomic mass is 10.0. The molecular formula is C26H24BrN9O4. The highest BCUT2D eigenvalue weighted by Crippen LogP contribution is 2.59. The van der Waals surface area contributed by atoms with Gasteiger partial charge in [0.15, 0.2) is 11.5 Å². The van der Waals surface area contributed by atoms with Gasteiger partial charge in [-0.2, -0.15) is 5.10 Å². The summed E-state index contributed by atoms with van der Waals surface area (Å²) in [4.78, 5) is 62.0. The molecule has 40 heavy (non-hydrogen) atoms. The van der Waals surface area contributed by atoms with E-state index in [1.807, 2.05) is 0 Å². The molecule has 3 atom stereocenters. The van der Waals surface area contributed by atoms with Crippen molar-refractivity contribution in [2.24, 2.45) is 5.41 Å². The Morgan fingerprint density at radius 1 is 1.12 bits per heavy atom. The lowest BCUT2D eigenvalue weighted by Crippen LogP contribution is -2.46. The maximum Gasteiger partial charge on any atom is 0.357 e. The predicted octanol–water partition coefficient (Wildman–Crippen LogP) is 2.77. The third kappa shape index (κ3) is 4.47. The number of nitrogens with zero attached hydrogens (tertiary/aromatic N) is 8. The van der Waals surface area contributed by atoms with Crippen LogP contribution in [-0.4, -0.2) is 74.6 Å². The molecule has 14 heteroatoms. The highest BCUT2D eigenvalue weighted by Gasteiger charge is 2.64. The SMILES string of the molecule is Cc1ncc(-c2cc3c(C(=O)O)nn(CC(=O)N4C(C(=O)Nc5cncc(Br)n5)CC5(C)CC45)c3c(C)n2)cn1. The van der Waals surface area contributed by atoms with Crippen molar-refractivity contribution >= 4 is 50.4 Å². The molecule has 2 N–H and O–H groups in total. The number of carboxylic acids is 1. The Labute approximate surface area is 236 Å². The average molecular weight is 606 g/mol. The van der Waals surface area contributed by atoms with E-state index in [4.69, 9.17) is 0 Å². The largest absolute Gasteiger partial charge is 0.476 e. The fourth-order valence-electron chi connectivity index (χ4n) is 5.52.